The van der Waals surface area contributed by atoms with Crippen LogP contribution in [0.3, 0.4) is 0 Å². The van der Waals surface area contributed by atoms with E-state index in [1.54, 1.807) is 0 Å². The second kappa shape index (κ2) is 4.10. The lowest BCUT2D eigenvalue weighted by molar-refractivity contribution is 0.167. The Bertz CT molecular complexity index is 107. The first-order chi connectivity index (χ1) is 5.25. The van der Waals surface area contributed by atoms with Gasteiger partial charge in [0.15, 0.2) is 0 Å². The van der Waals surface area contributed by atoms with E-state index in [-0.39, 0.29) is 0 Å². The van der Waals surface area contributed by atoms with Gasteiger partial charge < -0.3 is 5.32 Å². The molecule has 1 heteroatoms. The van der Waals surface area contributed by atoms with E-state index >= 15 is 0 Å². The molecule has 1 aliphatic rings. The smallest absolute Gasteiger partial charge is 0.00235 e. The summed E-state index contributed by atoms with van der Waals surface area (Å²) in [6, 6.07) is 0. The van der Waals surface area contributed by atoms with Crippen molar-refractivity contribution in [3.63, 3.8) is 0 Å². The van der Waals surface area contributed by atoms with Crippen LogP contribution in [0.5, 0.6) is 0 Å². The zero-order valence-corrected chi connectivity index (χ0v) is 8.06. The fourth-order valence-electron chi connectivity index (χ4n) is 1.94. The van der Waals surface area contributed by atoms with Gasteiger partial charge in [-0.05, 0) is 31.3 Å². The predicted molar refractivity (Wildman–Crippen MR) is 49.6 cm³/mol. The summed E-state index contributed by atoms with van der Waals surface area (Å²) in [5.41, 5.74) is 0. The van der Waals surface area contributed by atoms with Gasteiger partial charge in [0.05, 0.1) is 0 Å². The Morgan fingerprint density at radius 3 is 2.36 bits per heavy atom. The lowest BCUT2D eigenvalue weighted by atomic mass is 9.72. The summed E-state index contributed by atoms with van der Waals surface area (Å²) in [6.45, 7) is 5.95. The molecule has 0 spiro atoms. The monoisotopic (exact) mass is 155 g/mol. The Morgan fingerprint density at radius 2 is 2.00 bits per heavy atom. The van der Waals surface area contributed by atoms with Crippen LogP contribution in [0, 0.1) is 17.8 Å². The molecule has 1 N–H and O–H groups in total. The molecule has 0 aromatic carbocycles. The molecule has 0 aromatic heterocycles. The van der Waals surface area contributed by atoms with Crippen LogP contribution in [0.15, 0.2) is 0 Å². The molecule has 0 amide bonds. The fraction of sp³-hybridized carbons (Fsp3) is 1.00. The summed E-state index contributed by atoms with van der Waals surface area (Å²) in [6.07, 6.45) is 4.44. The number of rotatable bonds is 4. The van der Waals surface area contributed by atoms with Gasteiger partial charge in [-0.2, -0.15) is 0 Å². The van der Waals surface area contributed by atoms with Crippen molar-refractivity contribution in [3.8, 4) is 0 Å². The van der Waals surface area contributed by atoms with Crippen molar-refractivity contribution in [1.29, 1.82) is 0 Å². The third kappa shape index (κ3) is 2.19. The molecule has 2 unspecified atom stereocenters. The Kier molecular flexibility index (Phi) is 3.38. The molecule has 0 aromatic rings. The van der Waals surface area contributed by atoms with Crippen LogP contribution in [0.4, 0.5) is 0 Å². The summed E-state index contributed by atoms with van der Waals surface area (Å²) in [5, 5.41) is 3.25. The average molecular weight is 155 g/mol. The van der Waals surface area contributed by atoms with Gasteiger partial charge in [0.1, 0.15) is 0 Å². The molecule has 1 fully saturated rings. The number of hydrogen-bond acceptors (Lipinski definition) is 1. The number of hydrogen-bond donors (Lipinski definition) is 1. The molecule has 11 heavy (non-hydrogen) atoms. The fourth-order valence-corrected chi connectivity index (χ4v) is 1.94. The minimum Gasteiger partial charge on any atom is -0.319 e. The van der Waals surface area contributed by atoms with E-state index in [0.29, 0.717) is 0 Å². The largest absolute Gasteiger partial charge is 0.319 e. The average Bonchev–Trinajstić information content (AvgIpc) is 1.84. The van der Waals surface area contributed by atoms with Crippen LogP contribution in [-0.2, 0) is 0 Å². The normalized spacial score (nSPS) is 24.3. The SMILES string of the molecule is CNCC(C)C(C)C1CCC1. The second-order valence-corrected chi connectivity index (χ2v) is 4.09. The molecular formula is C10H21N. The molecule has 0 aliphatic heterocycles. The highest BCUT2D eigenvalue weighted by atomic mass is 14.8. The zero-order chi connectivity index (χ0) is 8.27. The summed E-state index contributed by atoms with van der Waals surface area (Å²) in [4.78, 5) is 0. The minimum atomic E-state index is 0.852. The highest BCUT2D eigenvalue weighted by molar-refractivity contribution is 4.78. The van der Waals surface area contributed by atoms with Crippen LogP contribution >= 0.6 is 0 Å². The standard InChI is InChI=1S/C10H21N/c1-8(7-11-3)9(2)10-5-4-6-10/h8-11H,4-7H2,1-3H3. The van der Waals surface area contributed by atoms with Crippen LogP contribution in [0.1, 0.15) is 33.1 Å². The Morgan fingerprint density at radius 1 is 1.36 bits per heavy atom. The van der Waals surface area contributed by atoms with E-state index in [2.05, 4.69) is 19.2 Å². The van der Waals surface area contributed by atoms with Crippen molar-refractivity contribution in [2.75, 3.05) is 13.6 Å². The van der Waals surface area contributed by atoms with E-state index in [4.69, 9.17) is 0 Å². The van der Waals surface area contributed by atoms with E-state index < -0.39 is 0 Å². The lowest BCUT2D eigenvalue weighted by Gasteiger charge is -2.35. The molecule has 0 bridgehead atoms. The molecule has 0 saturated heterocycles. The molecule has 0 radical (unpaired) electrons. The highest BCUT2D eigenvalue weighted by Gasteiger charge is 2.26. The Balaban J connectivity index is 2.21. The van der Waals surface area contributed by atoms with Crippen molar-refractivity contribution in [2.45, 2.75) is 33.1 Å². The first kappa shape index (κ1) is 9.05. The molecule has 1 saturated carbocycles. The molecule has 1 rings (SSSR count). The summed E-state index contributed by atoms with van der Waals surface area (Å²) in [5.74, 6) is 2.82. The van der Waals surface area contributed by atoms with Crippen molar-refractivity contribution in [2.24, 2.45) is 17.8 Å². The van der Waals surface area contributed by atoms with Gasteiger partial charge in [-0.15, -0.1) is 0 Å². The van der Waals surface area contributed by atoms with E-state index in [1.807, 2.05) is 7.05 Å². The van der Waals surface area contributed by atoms with Gasteiger partial charge in [0, 0.05) is 0 Å². The third-order valence-corrected chi connectivity index (χ3v) is 3.32. The maximum Gasteiger partial charge on any atom is -0.00235 e. The first-order valence-electron chi connectivity index (χ1n) is 4.90. The third-order valence-electron chi connectivity index (χ3n) is 3.32. The summed E-state index contributed by atoms with van der Waals surface area (Å²) >= 11 is 0. The zero-order valence-electron chi connectivity index (χ0n) is 8.06. The van der Waals surface area contributed by atoms with Gasteiger partial charge in [-0.3, -0.25) is 0 Å². The quantitative estimate of drug-likeness (QED) is 0.656. The van der Waals surface area contributed by atoms with Gasteiger partial charge in [0.25, 0.3) is 0 Å². The first-order valence-corrected chi connectivity index (χ1v) is 4.90. The van der Waals surface area contributed by atoms with Gasteiger partial charge in [-0.1, -0.05) is 33.1 Å². The van der Waals surface area contributed by atoms with Crippen LogP contribution in [0.2, 0.25) is 0 Å². The highest BCUT2D eigenvalue weighted by Crippen LogP contribution is 2.36. The molecule has 66 valence electrons. The molecular weight excluding hydrogens is 134 g/mol. The van der Waals surface area contributed by atoms with E-state index in [9.17, 15) is 0 Å². The van der Waals surface area contributed by atoms with Crippen LogP contribution in [-0.4, -0.2) is 13.6 Å². The summed E-state index contributed by atoms with van der Waals surface area (Å²) < 4.78 is 0. The molecule has 1 nitrogen and oxygen atoms in total. The van der Waals surface area contributed by atoms with E-state index in [0.717, 1.165) is 17.8 Å². The molecule has 1 aliphatic carbocycles. The second-order valence-electron chi connectivity index (χ2n) is 4.09. The van der Waals surface area contributed by atoms with Gasteiger partial charge >= 0.3 is 0 Å². The Hall–Kier alpha value is -0.0400. The maximum absolute atomic E-state index is 3.25. The van der Waals surface area contributed by atoms with Crippen molar-refractivity contribution < 1.29 is 0 Å². The van der Waals surface area contributed by atoms with Gasteiger partial charge in [0.2, 0.25) is 0 Å². The van der Waals surface area contributed by atoms with Crippen molar-refractivity contribution in [3.05, 3.63) is 0 Å². The van der Waals surface area contributed by atoms with Crippen molar-refractivity contribution >= 4 is 0 Å². The predicted octanol–water partition coefficient (Wildman–Crippen LogP) is 2.28. The topological polar surface area (TPSA) is 12.0 Å². The Labute approximate surface area is 70.6 Å². The molecule has 2 atom stereocenters. The van der Waals surface area contributed by atoms with Crippen molar-refractivity contribution in [1.82, 2.24) is 5.32 Å². The minimum absolute atomic E-state index is 0.852. The maximum atomic E-state index is 3.25. The van der Waals surface area contributed by atoms with E-state index in [1.165, 1.54) is 25.8 Å². The van der Waals surface area contributed by atoms with Gasteiger partial charge in [-0.25, -0.2) is 0 Å². The van der Waals surface area contributed by atoms with Crippen LogP contribution in [0.25, 0.3) is 0 Å². The molecule has 0 heterocycles. The summed E-state index contributed by atoms with van der Waals surface area (Å²) in [7, 11) is 2.05. The number of nitrogens with one attached hydrogen (secondary N) is 1. The van der Waals surface area contributed by atoms with Crippen LogP contribution < -0.4 is 5.32 Å². The lowest BCUT2D eigenvalue weighted by Crippen LogP contribution is -2.30.